The van der Waals surface area contributed by atoms with Gasteiger partial charge in [-0.25, -0.2) is 0 Å². The van der Waals surface area contributed by atoms with Gasteiger partial charge in [0.1, 0.15) is 0 Å². The lowest BCUT2D eigenvalue weighted by molar-refractivity contribution is -0.0619. The molecule has 0 spiro atoms. The van der Waals surface area contributed by atoms with Crippen LogP contribution in [-0.2, 0) is 9.47 Å². The van der Waals surface area contributed by atoms with E-state index in [0.717, 1.165) is 24.5 Å². The van der Waals surface area contributed by atoms with Gasteiger partial charge in [0.25, 0.3) is 0 Å². The number of hydrogen-bond donors (Lipinski definition) is 0. The predicted octanol–water partition coefficient (Wildman–Crippen LogP) is 4.46. The fourth-order valence-corrected chi connectivity index (χ4v) is 3.28. The van der Waals surface area contributed by atoms with Crippen molar-refractivity contribution in [2.24, 2.45) is 5.92 Å². The Kier molecular flexibility index (Phi) is 4.52. The monoisotopic (exact) mass is 260 g/mol. The van der Waals surface area contributed by atoms with Crippen LogP contribution in [0.4, 0.5) is 0 Å². The van der Waals surface area contributed by atoms with Gasteiger partial charge in [-0.05, 0) is 18.8 Å². The molecule has 2 nitrogen and oxygen atoms in total. The minimum absolute atomic E-state index is 0.141. The van der Waals surface area contributed by atoms with Crippen molar-refractivity contribution in [3.63, 3.8) is 0 Å². The molecular formula is C17H24O2. The van der Waals surface area contributed by atoms with Gasteiger partial charge in [-0.15, -0.1) is 0 Å². The van der Waals surface area contributed by atoms with E-state index in [-0.39, 0.29) is 6.29 Å². The minimum atomic E-state index is -0.141. The van der Waals surface area contributed by atoms with Crippen LogP contribution in [0.1, 0.15) is 56.8 Å². The molecule has 104 valence electrons. The quantitative estimate of drug-likeness (QED) is 0.795. The molecule has 1 saturated carbocycles. The van der Waals surface area contributed by atoms with E-state index in [4.69, 9.17) is 9.47 Å². The summed E-state index contributed by atoms with van der Waals surface area (Å²) in [5.74, 6) is 0.938. The molecule has 1 saturated heterocycles. The van der Waals surface area contributed by atoms with Crippen LogP contribution in [-0.4, -0.2) is 12.7 Å². The third-order valence-electron chi connectivity index (χ3n) is 4.44. The highest BCUT2D eigenvalue weighted by atomic mass is 16.7. The SMILES string of the molecule is c1ccc(C2OCC(CCC3CCCCC3)O2)cc1. The van der Waals surface area contributed by atoms with Gasteiger partial charge in [-0.1, -0.05) is 62.4 Å². The fraction of sp³-hybridized carbons (Fsp3) is 0.647. The molecule has 2 aliphatic rings. The molecule has 0 N–H and O–H groups in total. The molecule has 2 fully saturated rings. The summed E-state index contributed by atoms with van der Waals surface area (Å²) in [5, 5.41) is 0. The smallest absolute Gasteiger partial charge is 0.184 e. The number of ether oxygens (including phenoxy) is 2. The van der Waals surface area contributed by atoms with Crippen molar-refractivity contribution in [1.29, 1.82) is 0 Å². The van der Waals surface area contributed by atoms with Crippen molar-refractivity contribution < 1.29 is 9.47 Å². The van der Waals surface area contributed by atoms with Crippen LogP contribution < -0.4 is 0 Å². The van der Waals surface area contributed by atoms with Gasteiger partial charge in [-0.3, -0.25) is 0 Å². The van der Waals surface area contributed by atoms with E-state index >= 15 is 0 Å². The van der Waals surface area contributed by atoms with Crippen molar-refractivity contribution in [2.75, 3.05) is 6.61 Å². The lowest BCUT2D eigenvalue weighted by atomic mass is 9.85. The average molecular weight is 260 g/mol. The Morgan fingerprint density at radius 1 is 0.947 bits per heavy atom. The molecular weight excluding hydrogens is 236 g/mol. The summed E-state index contributed by atoms with van der Waals surface area (Å²) in [7, 11) is 0. The van der Waals surface area contributed by atoms with Crippen LogP contribution in [0.15, 0.2) is 30.3 Å². The summed E-state index contributed by atoms with van der Waals surface area (Å²) in [5.41, 5.74) is 1.14. The first kappa shape index (κ1) is 13.1. The minimum Gasteiger partial charge on any atom is -0.346 e. The summed E-state index contributed by atoms with van der Waals surface area (Å²) in [6.07, 6.45) is 9.79. The maximum absolute atomic E-state index is 6.02. The summed E-state index contributed by atoms with van der Waals surface area (Å²) in [6.45, 7) is 0.756. The lowest BCUT2D eigenvalue weighted by Gasteiger charge is -2.22. The summed E-state index contributed by atoms with van der Waals surface area (Å²) < 4.78 is 11.8. The summed E-state index contributed by atoms with van der Waals surface area (Å²) >= 11 is 0. The van der Waals surface area contributed by atoms with Crippen LogP contribution in [0, 0.1) is 5.92 Å². The third-order valence-corrected chi connectivity index (χ3v) is 4.44. The number of benzene rings is 1. The molecule has 1 aliphatic heterocycles. The molecule has 0 amide bonds. The van der Waals surface area contributed by atoms with Crippen molar-refractivity contribution in [1.82, 2.24) is 0 Å². The highest BCUT2D eigenvalue weighted by Gasteiger charge is 2.27. The maximum Gasteiger partial charge on any atom is 0.184 e. The normalized spacial score (nSPS) is 28.6. The third kappa shape index (κ3) is 3.58. The average Bonchev–Trinajstić information content (AvgIpc) is 2.96. The van der Waals surface area contributed by atoms with Gasteiger partial charge in [0.15, 0.2) is 6.29 Å². The first-order valence-corrected chi connectivity index (χ1v) is 7.74. The van der Waals surface area contributed by atoms with Crippen LogP contribution in [0.25, 0.3) is 0 Å². The molecule has 2 unspecified atom stereocenters. The van der Waals surface area contributed by atoms with E-state index < -0.39 is 0 Å². The predicted molar refractivity (Wildman–Crippen MR) is 75.8 cm³/mol. The second-order valence-corrected chi connectivity index (χ2v) is 5.92. The van der Waals surface area contributed by atoms with Gasteiger partial charge >= 0.3 is 0 Å². The summed E-state index contributed by atoms with van der Waals surface area (Å²) in [4.78, 5) is 0. The fourth-order valence-electron chi connectivity index (χ4n) is 3.28. The molecule has 19 heavy (non-hydrogen) atoms. The van der Waals surface area contributed by atoms with Gasteiger partial charge in [0.2, 0.25) is 0 Å². The Labute approximate surface area is 116 Å². The van der Waals surface area contributed by atoms with Crippen LogP contribution in [0.5, 0.6) is 0 Å². The second-order valence-electron chi connectivity index (χ2n) is 5.92. The van der Waals surface area contributed by atoms with E-state index in [1.165, 1.54) is 38.5 Å². The standard InChI is InChI=1S/C17H24O2/c1-3-7-14(8-4-1)11-12-16-13-18-17(19-16)15-9-5-2-6-10-15/h2,5-6,9-10,14,16-17H,1,3-4,7-8,11-13H2. The molecule has 1 aromatic carbocycles. The van der Waals surface area contributed by atoms with E-state index in [2.05, 4.69) is 12.1 Å². The molecule has 1 aromatic rings. The molecule has 0 aromatic heterocycles. The van der Waals surface area contributed by atoms with Gasteiger partial charge in [0.05, 0.1) is 12.7 Å². The largest absolute Gasteiger partial charge is 0.346 e. The zero-order chi connectivity index (χ0) is 12.9. The van der Waals surface area contributed by atoms with Gasteiger partial charge < -0.3 is 9.47 Å². The topological polar surface area (TPSA) is 18.5 Å². The molecule has 0 radical (unpaired) electrons. The Hall–Kier alpha value is -0.860. The van der Waals surface area contributed by atoms with Crippen molar-refractivity contribution in [2.45, 2.75) is 57.3 Å². The lowest BCUT2D eigenvalue weighted by Crippen LogP contribution is -2.14. The second kappa shape index (κ2) is 6.53. The van der Waals surface area contributed by atoms with Crippen LogP contribution in [0.2, 0.25) is 0 Å². The summed E-state index contributed by atoms with van der Waals surface area (Å²) in [6, 6.07) is 10.3. The van der Waals surface area contributed by atoms with Gasteiger partial charge in [0, 0.05) is 5.56 Å². The zero-order valence-electron chi connectivity index (χ0n) is 11.6. The number of rotatable bonds is 4. The van der Waals surface area contributed by atoms with E-state index in [1.807, 2.05) is 18.2 Å². The Morgan fingerprint density at radius 2 is 1.74 bits per heavy atom. The zero-order valence-corrected chi connectivity index (χ0v) is 11.6. The first-order chi connectivity index (χ1) is 9.42. The Balaban J connectivity index is 1.44. The molecule has 2 heteroatoms. The van der Waals surface area contributed by atoms with E-state index in [0.29, 0.717) is 6.10 Å². The Morgan fingerprint density at radius 3 is 2.53 bits per heavy atom. The Bertz CT molecular complexity index is 370. The highest BCUT2D eigenvalue weighted by Crippen LogP contribution is 2.32. The van der Waals surface area contributed by atoms with Crippen LogP contribution >= 0.6 is 0 Å². The molecule has 1 aliphatic carbocycles. The van der Waals surface area contributed by atoms with Gasteiger partial charge in [-0.2, -0.15) is 0 Å². The molecule has 0 bridgehead atoms. The molecule has 3 rings (SSSR count). The van der Waals surface area contributed by atoms with Crippen molar-refractivity contribution in [3.8, 4) is 0 Å². The van der Waals surface area contributed by atoms with E-state index in [1.54, 1.807) is 0 Å². The van der Waals surface area contributed by atoms with Crippen molar-refractivity contribution in [3.05, 3.63) is 35.9 Å². The maximum atomic E-state index is 6.02. The molecule has 2 atom stereocenters. The number of hydrogen-bond acceptors (Lipinski definition) is 2. The van der Waals surface area contributed by atoms with Crippen molar-refractivity contribution >= 4 is 0 Å². The van der Waals surface area contributed by atoms with Crippen LogP contribution in [0.3, 0.4) is 0 Å². The van der Waals surface area contributed by atoms with E-state index in [9.17, 15) is 0 Å². The molecule has 1 heterocycles. The highest BCUT2D eigenvalue weighted by molar-refractivity contribution is 5.16. The first-order valence-electron chi connectivity index (χ1n) is 7.74.